The van der Waals surface area contributed by atoms with E-state index in [0.717, 1.165) is 17.8 Å². The normalized spacial score (nSPS) is 18.5. The maximum absolute atomic E-state index is 14.8. The highest BCUT2D eigenvalue weighted by Crippen LogP contribution is 2.35. The molecule has 1 saturated heterocycles. The first-order chi connectivity index (χ1) is 16.4. The van der Waals surface area contributed by atoms with Crippen LogP contribution in [0.5, 0.6) is 0 Å². The zero-order valence-electron chi connectivity index (χ0n) is 19.8. The maximum atomic E-state index is 14.8. The third-order valence-corrected chi connectivity index (χ3v) is 5.75. The van der Waals surface area contributed by atoms with Gasteiger partial charge in [-0.2, -0.15) is 0 Å². The van der Waals surface area contributed by atoms with Crippen molar-refractivity contribution in [1.82, 2.24) is 14.5 Å². The lowest BCUT2D eigenvalue weighted by atomic mass is 9.96. The smallest absolute Gasteiger partial charge is 0.289 e. The van der Waals surface area contributed by atoms with Crippen molar-refractivity contribution in [3.63, 3.8) is 0 Å². The van der Waals surface area contributed by atoms with Crippen molar-refractivity contribution in [1.29, 1.82) is 0 Å². The fraction of sp³-hybridized carbons (Fsp3) is 0.308. The van der Waals surface area contributed by atoms with Crippen LogP contribution in [0.15, 0.2) is 54.7 Å². The first-order valence-corrected chi connectivity index (χ1v) is 11.1. The molecule has 0 saturated carbocycles. The summed E-state index contributed by atoms with van der Waals surface area (Å²) >= 11 is 0. The van der Waals surface area contributed by atoms with Crippen LogP contribution in [-0.4, -0.2) is 43.7 Å². The lowest BCUT2D eigenvalue weighted by Gasteiger charge is -2.44. The standard InChI is InChI=1S/C26H26F3N3O3/c1-15-12-31(14-30-15)22-8-5-17(9-21(22)29)10-23-25(34)32(13-26(3,4)35-23)24(16(2)33)18-6-7-19(27)20(28)11-18/h5-12,14,16,24,33H,13H2,1-4H3/b23-10-/t16-,24+/m1/s1. The molecule has 0 radical (unpaired) electrons. The van der Waals surface area contributed by atoms with Gasteiger partial charge in [0.2, 0.25) is 0 Å². The second-order valence-electron chi connectivity index (χ2n) is 9.30. The first kappa shape index (κ1) is 24.5. The number of amides is 1. The van der Waals surface area contributed by atoms with Gasteiger partial charge in [0, 0.05) is 6.20 Å². The van der Waals surface area contributed by atoms with Gasteiger partial charge >= 0.3 is 0 Å². The van der Waals surface area contributed by atoms with Crippen LogP contribution in [-0.2, 0) is 9.53 Å². The van der Waals surface area contributed by atoms with Gasteiger partial charge in [0.05, 0.1) is 36.4 Å². The number of hydrogen-bond acceptors (Lipinski definition) is 4. The molecule has 2 aromatic carbocycles. The molecule has 1 aliphatic heterocycles. The van der Waals surface area contributed by atoms with E-state index < -0.39 is 41.1 Å². The monoisotopic (exact) mass is 485 g/mol. The Morgan fingerprint density at radius 2 is 1.86 bits per heavy atom. The van der Waals surface area contributed by atoms with Crippen LogP contribution in [0.25, 0.3) is 11.8 Å². The lowest BCUT2D eigenvalue weighted by molar-refractivity contribution is -0.153. The van der Waals surface area contributed by atoms with Crippen LogP contribution in [0.3, 0.4) is 0 Å². The number of ether oxygens (including phenoxy) is 1. The second kappa shape index (κ2) is 9.22. The third kappa shape index (κ3) is 5.09. The summed E-state index contributed by atoms with van der Waals surface area (Å²) in [6, 6.07) is 6.80. The molecule has 1 N–H and O–H groups in total. The fourth-order valence-electron chi connectivity index (χ4n) is 4.25. The zero-order chi connectivity index (χ0) is 25.5. The maximum Gasteiger partial charge on any atom is 0.289 e. The highest BCUT2D eigenvalue weighted by atomic mass is 19.2. The van der Waals surface area contributed by atoms with Crippen molar-refractivity contribution >= 4 is 12.0 Å². The Kier molecular flexibility index (Phi) is 6.46. The largest absolute Gasteiger partial charge is 0.480 e. The van der Waals surface area contributed by atoms with E-state index in [1.165, 1.54) is 36.4 Å². The van der Waals surface area contributed by atoms with E-state index in [9.17, 15) is 23.1 Å². The summed E-state index contributed by atoms with van der Waals surface area (Å²) in [7, 11) is 0. The van der Waals surface area contributed by atoms with Crippen LogP contribution >= 0.6 is 0 Å². The van der Waals surface area contributed by atoms with E-state index >= 15 is 0 Å². The van der Waals surface area contributed by atoms with E-state index in [1.807, 2.05) is 0 Å². The molecule has 3 aromatic rings. The van der Waals surface area contributed by atoms with Gasteiger partial charge in [0.1, 0.15) is 11.4 Å². The number of carbonyl (C=O) groups is 1. The summed E-state index contributed by atoms with van der Waals surface area (Å²) in [5.74, 6) is -3.23. The summed E-state index contributed by atoms with van der Waals surface area (Å²) in [5.41, 5.74) is 0.824. The SMILES string of the molecule is Cc1cn(-c2ccc(/C=C3\OC(C)(C)CN([C@H](c4ccc(F)c(F)c4)[C@@H](C)O)C3=O)cc2F)cn1. The summed E-state index contributed by atoms with van der Waals surface area (Å²) in [6.07, 6.45) is 3.54. The number of imidazole rings is 1. The van der Waals surface area contributed by atoms with Crippen molar-refractivity contribution in [3.05, 3.63) is 89.0 Å². The zero-order valence-corrected chi connectivity index (χ0v) is 19.8. The van der Waals surface area contributed by atoms with E-state index in [2.05, 4.69) is 4.98 Å². The number of hydrogen-bond donors (Lipinski definition) is 1. The van der Waals surface area contributed by atoms with Gasteiger partial charge in [0.15, 0.2) is 17.4 Å². The number of aliphatic hydroxyl groups excluding tert-OH is 1. The van der Waals surface area contributed by atoms with Crippen molar-refractivity contribution in [2.45, 2.75) is 45.4 Å². The van der Waals surface area contributed by atoms with Gasteiger partial charge in [-0.25, -0.2) is 18.2 Å². The van der Waals surface area contributed by atoms with Crippen molar-refractivity contribution in [2.24, 2.45) is 0 Å². The van der Waals surface area contributed by atoms with Gasteiger partial charge in [-0.05, 0) is 69.2 Å². The molecule has 1 fully saturated rings. The average molecular weight is 486 g/mol. The van der Waals surface area contributed by atoms with Gasteiger partial charge in [-0.1, -0.05) is 12.1 Å². The molecule has 1 aromatic heterocycles. The number of rotatable bonds is 5. The Bertz CT molecular complexity index is 1300. The number of aryl methyl sites for hydroxylation is 1. The molecule has 2 atom stereocenters. The molecule has 4 rings (SSSR count). The molecule has 2 heterocycles. The average Bonchev–Trinajstić information content (AvgIpc) is 3.19. The Morgan fingerprint density at radius 3 is 2.46 bits per heavy atom. The minimum Gasteiger partial charge on any atom is -0.480 e. The highest BCUT2D eigenvalue weighted by molar-refractivity contribution is 5.97. The Morgan fingerprint density at radius 1 is 1.11 bits per heavy atom. The number of carbonyl (C=O) groups excluding carboxylic acids is 1. The first-order valence-electron chi connectivity index (χ1n) is 11.1. The van der Waals surface area contributed by atoms with Crippen LogP contribution in [0.4, 0.5) is 13.2 Å². The molecular weight excluding hydrogens is 459 g/mol. The number of aromatic nitrogens is 2. The van der Waals surface area contributed by atoms with Gasteiger partial charge in [0.25, 0.3) is 5.91 Å². The third-order valence-electron chi connectivity index (χ3n) is 5.75. The van der Waals surface area contributed by atoms with Crippen molar-refractivity contribution < 1.29 is 27.8 Å². The van der Waals surface area contributed by atoms with Gasteiger partial charge in [-0.15, -0.1) is 0 Å². The topological polar surface area (TPSA) is 67.6 Å². The number of benzene rings is 2. The highest BCUT2D eigenvalue weighted by Gasteiger charge is 2.42. The molecule has 0 spiro atoms. The predicted octanol–water partition coefficient (Wildman–Crippen LogP) is 4.70. The molecule has 184 valence electrons. The molecule has 9 heteroatoms. The van der Waals surface area contributed by atoms with Gasteiger partial charge in [-0.3, -0.25) is 4.79 Å². The molecule has 0 aliphatic carbocycles. The number of halogens is 3. The summed E-state index contributed by atoms with van der Waals surface area (Å²) in [6.45, 7) is 6.88. The van der Waals surface area contributed by atoms with Crippen molar-refractivity contribution in [3.8, 4) is 5.69 Å². The summed E-state index contributed by atoms with van der Waals surface area (Å²) < 4.78 is 49.7. The Labute approximate surface area is 201 Å². The van der Waals surface area contributed by atoms with Crippen molar-refractivity contribution in [2.75, 3.05) is 6.54 Å². The molecule has 1 aliphatic rings. The quantitative estimate of drug-likeness (QED) is 0.532. The minimum atomic E-state index is -1.09. The predicted molar refractivity (Wildman–Crippen MR) is 124 cm³/mol. The van der Waals surface area contributed by atoms with Crippen LogP contribution in [0.1, 0.15) is 43.6 Å². The minimum absolute atomic E-state index is 0.0555. The number of morpholine rings is 1. The van der Waals surface area contributed by atoms with E-state index in [4.69, 9.17) is 4.74 Å². The molecule has 0 unspecified atom stereocenters. The van der Waals surface area contributed by atoms with Crippen LogP contribution in [0.2, 0.25) is 0 Å². The van der Waals surface area contributed by atoms with E-state index in [-0.39, 0.29) is 17.9 Å². The lowest BCUT2D eigenvalue weighted by Crippen LogP contribution is -2.53. The summed E-state index contributed by atoms with van der Waals surface area (Å²) in [4.78, 5) is 18.9. The molecular formula is C26H26F3N3O3. The molecule has 35 heavy (non-hydrogen) atoms. The van der Waals surface area contributed by atoms with Crippen LogP contribution in [0, 0.1) is 24.4 Å². The van der Waals surface area contributed by atoms with E-state index in [1.54, 1.807) is 43.7 Å². The Hall–Kier alpha value is -3.59. The second-order valence-corrected chi connectivity index (χ2v) is 9.30. The fourth-order valence-corrected chi connectivity index (χ4v) is 4.25. The molecule has 1 amide bonds. The molecule has 0 bridgehead atoms. The van der Waals surface area contributed by atoms with E-state index in [0.29, 0.717) is 11.3 Å². The molecule has 6 nitrogen and oxygen atoms in total. The van der Waals surface area contributed by atoms with Gasteiger partial charge < -0.3 is 19.3 Å². The summed E-state index contributed by atoms with van der Waals surface area (Å²) in [5, 5.41) is 10.5. The van der Waals surface area contributed by atoms with Crippen LogP contribution < -0.4 is 0 Å². The number of nitrogens with zero attached hydrogens (tertiary/aromatic N) is 3. The Balaban J connectivity index is 1.70. The number of aliphatic hydroxyl groups is 1.